The van der Waals surface area contributed by atoms with E-state index in [9.17, 15) is 0 Å². The van der Waals surface area contributed by atoms with Gasteiger partial charge in [0.05, 0.1) is 45.7 Å². The molecule has 0 bridgehead atoms. The van der Waals surface area contributed by atoms with Crippen LogP contribution >= 0.6 is 24.0 Å². The summed E-state index contributed by atoms with van der Waals surface area (Å²) >= 11 is 0. The second-order valence-electron chi connectivity index (χ2n) is 7.44. The van der Waals surface area contributed by atoms with Gasteiger partial charge in [-0.05, 0) is 38.1 Å². The molecule has 1 unspecified atom stereocenters. The maximum atomic E-state index is 5.74. The van der Waals surface area contributed by atoms with Crippen LogP contribution < -0.4 is 24.8 Å². The van der Waals surface area contributed by atoms with Crippen LogP contribution in [0, 0.1) is 0 Å². The molecule has 32 heavy (non-hydrogen) atoms. The molecule has 0 radical (unpaired) electrons. The molecule has 1 fully saturated rings. The predicted molar refractivity (Wildman–Crippen MR) is 137 cm³/mol. The van der Waals surface area contributed by atoms with E-state index in [1.54, 1.807) is 34.6 Å². The van der Waals surface area contributed by atoms with Crippen LogP contribution in [-0.2, 0) is 6.54 Å². The smallest absolute Gasteiger partial charge is 0.191 e. The van der Waals surface area contributed by atoms with Crippen molar-refractivity contribution in [2.24, 2.45) is 4.99 Å². The number of likely N-dealkylation sites (tertiary alicyclic amines) is 1. The average molecular weight is 558 g/mol. The topological polar surface area (TPSA) is 80.5 Å². The van der Waals surface area contributed by atoms with Crippen LogP contribution in [0.5, 0.6) is 17.2 Å². The zero-order valence-corrected chi connectivity index (χ0v) is 21.7. The summed E-state index contributed by atoms with van der Waals surface area (Å²) in [6.45, 7) is 3.36. The van der Waals surface area contributed by atoms with Crippen molar-refractivity contribution in [1.82, 2.24) is 15.5 Å². The number of aliphatic imine (C=N–C) groups is 1. The number of piperidine rings is 1. The van der Waals surface area contributed by atoms with Crippen LogP contribution in [0.2, 0.25) is 0 Å². The number of benzene rings is 1. The monoisotopic (exact) mass is 558 g/mol. The molecule has 1 aromatic carbocycles. The molecule has 1 aromatic heterocycles. The lowest BCUT2D eigenvalue weighted by Crippen LogP contribution is -2.44. The van der Waals surface area contributed by atoms with Gasteiger partial charge in [-0.25, -0.2) is 0 Å². The van der Waals surface area contributed by atoms with Gasteiger partial charge >= 0.3 is 0 Å². The Morgan fingerprint density at radius 2 is 1.75 bits per heavy atom. The average Bonchev–Trinajstić information content (AvgIpc) is 3.36. The van der Waals surface area contributed by atoms with Gasteiger partial charge in [-0.2, -0.15) is 0 Å². The summed E-state index contributed by atoms with van der Waals surface area (Å²) < 4.78 is 22.2. The number of halogens is 1. The first-order valence-electron chi connectivity index (χ1n) is 10.7. The highest BCUT2D eigenvalue weighted by Crippen LogP contribution is 2.33. The lowest BCUT2D eigenvalue weighted by Gasteiger charge is -2.33. The molecule has 178 valence electrons. The van der Waals surface area contributed by atoms with Gasteiger partial charge < -0.3 is 29.3 Å². The molecule has 9 heteroatoms. The Morgan fingerprint density at radius 1 is 1.06 bits per heavy atom. The van der Waals surface area contributed by atoms with Gasteiger partial charge in [-0.1, -0.05) is 6.42 Å². The Labute approximate surface area is 207 Å². The van der Waals surface area contributed by atoms with E-state index in [-0.39, 0.29) is 30.0 Å². The summed E-state index contributed by atoms with van der Waals surface area (Å²) in [5.74, 6) is 3.75. The summed E-state index contributed by atoms with van der Waals surface area (Å²) in [5.41, 5.74) is 0.896. The van der Waals surface area contributed by atoms with Crippen LogP contribution in [0.1, 0.15) is 36.6 Å². The largest absolute Gasteiger partial charge is 0.496 e. The number of rotatable bonds is 9. The van der Waals surface area contributed by atoms with Gasteiger partial charge in [-0.15, -0.1) is 24.0 Å². The summed E-state index contributed by atoms with van der Waals surface area (Å²) in [4.78, 5) is 6.87. The first-order valence-corrected chi connectivity index (χ1v) is 10.7. The van der Waals surface area contributed by atoms with Crippen molar-refractivity contribution in [2.75, 3.05) is 48.0 Å². The third-order valence-electron chi connectivity index (χ3n) is 5.64. The Bertz CT molecular complexity index is 814. The summed E-state index contributed by atoms with van der Waals surface area (Å²) in [6, 6.07) is 7.85. The zero-order chi connectivity index (χ0) is 22.1. The van der Waals surface area contributed by atoms with E-state index in [1.165, 1.54) is 19.3 Å². The summed E-state index contributed by atoms with van der Waals surface area (Å²) in [6.07, 6.45) is 5.48. The van der Waals surface area contributed by atoms with Crippen molar-refractivity contribution >= 4 is 29.9 Å². The first-order chi connectivity index (χ1) is 15.2. The molecule has 2 heterocycles. The van der Waals surface area contributed by atoms with E-state index >= 15 is 0 Å². The molecule has 3 rings (SSSR count). The maximum absolute atomic E-state index is 5.74. The minimum atomic E-state index is 0. The minimum absolute atomic E-state index is 0. The van der Waals surface area contributed by atoms with E-state index in [2.05, 4.69) is 20.5 Å². The van der Waals surface area contributed by atoms with Gasteiger partial charge in [0.1, 0.15) is 23.0 Å². The third kappa shape index (κ3) is 6.68. The summed E-state index contributed by atoms with van der Waals surface area (Å²) in [7, 11) is 6.66. The van der Waals surface area contributed by atoms with E-state index in [4.69, 9.17) is 18.6 Å². The molecule has 1 aliphatic rings. The van der Waals surface area contributed by atoms with Crippen LogP contribution in [0.4, 0.5) is 0 Å². The lowest BCUT2D eigenvalue weighted by molar-refractivity contribution is 0.146. The number of guanidine groups is 1. The number of ether oxygens (including phenoxy) is 3. The Morgan fingerprint density at radius 3 is 2.28 bits per heavy atom. The van der Waals surface area contributed by atoms with E-state index in [0.717, 1.165) is 24.4 Å². The predicted octanol–water partition coefficient (Wildman–Crippen LogP) is 3.82. The lowest BCUT2D eigenvalue weighted by atomic mass is 10.1. The molecule has 1 saturated heterocycles. The number of hydrogen-bond acceptors (Lipinski definition) is 6. The standard InChI is InChI=1S/C23H34N4O4.HI/c1-24-23(25-15-18-21(29-3)13-17(28-2)14-22(18)30-4)26-16-19(20-9-8-12-31-20)27-10-6-5-7-11-27;/h8-9,12-14,19H,5-7,10-11,15-16H2,1-4H3,(H2,24,25,26);1H. The van der Waals surface area contributed by atoms with E-state index < -0.39 is 0 Å². The van der Waals surface area contributed by atoms with Crippen molar-refractivity contribution in [3.63, 3.8) is 0 Å². The van der Waals surface area contributed by atoms with Crippen LogP contribution in [0.25, 0.3) is 0 Å². The third-order valence-corrected chi connectivity index (χ3v) is 5.64. The fourth-order valence-electron chi connectivity index (χ4n) is 3.96. The molecule has 0 saturated carbocycles. The molecule has 2 N–H and O–H groups in total. The number of methoxy groups -OCH3 is 3. The Kier molecular flexibility index (Phi) is 10.9. The van der Waals surface area contributed by atoms with Crippen molar-refractivity contribution in [1.29, 1.82) is 0 Å². The Balaban J connectivity index is 0.00000363. The fraction of sp³-hybridized carbons (Fsp3) is 0.522. The molecular weight excluding hydrogens is 523 g/mol. The highest BCUT2D eigenvalue weighted by molar-refractivity contribution is 14.0. The maximum Gasteiger partial charge on any atom is 0.191 e. The molecule has 0 aliphatic carbocycles. The van der Waals surface area contributed by atoms with Crippen molar-refractivity contribution in [2.45, 2.75) is 31.8 Å². The SMILES string of the molecule is CN=C(NCc1c(OC)cc(OC)cc1OC)NCC(c1ccco1)N1CCCCC1.I. The van der Waals surface area contributed by atoms with Crippen LogP contribution in [0.3, 0.4) is 0 Å². The van der Waals surface area contributed by atoms with Crippen LogP contribution in [0.15, 0.2) is 39.9 Å². The molecular formula is C23H35IN4O4. The van der Waals surface area contributed by atoms with Crippen molar-refractivity contribution in [3.8, 4) is 17.2 Å². The highest BCUT2D eigenvalue weighted by atomic mass is 127. The number of hydrogen-bond donors (Lipinski definition) is 2. The van der Waals surface area contributed by atoms with Crippen molar-refractivity contribution in [3.05, 3.63) is 41.9 Å². The van der Waals surface area contributed by atoms with E-state index in [0.29, 0.717) is 36.3 Å². The molecule has 1 aliphatic heterocycles. The van der Waals surface area contributed by atoms with Gasteiger partial charge in [0.15, 0.2) is 5.96 Å². The second-order valence-corrected chi connectivity index (χ2v) is 7.44. The van der Waals surface area contributed by atoms with Crippen LogP contribution in [-0.4, -0.2) is 58.9 Å². The van der Waals surface area contributed by atoms with Gasteiger partial charge in [0, 0.05) is 25.7 Å². The van der Waals surface area contributed by atoms with Gasteiger partial charge in [0.25, 0.3) is 0 Å². The van der Waals surface area contributed by atoms with Crippen molar-refractivity contribution < 1.29 is 18.6 Å². The molecule has 0 spiro atoms. The zero-order valence-electron chi connectivity index (χ0n) is 19.3. The molecule has 8 nitrogen and oxygen atoms in total. The number of nitrogens with one attached hydrogen (secondary N) is 2. The fourth-order valence-corrected chi connectivity index (χ4v) is 3.96. The van der Waals surface area contributed by atoms with E-state index in [1.807, 2.05) is 24.3 Å². The minimum Gasteiger partial charge on any atom is -0.496 e. The number of furan rings is 1. The molecule has 0 amide bonds. The second kappa shape index (κ2) is 13.4. The molecule has 2 aromatic rings. The van der Waals surface area contributed by atoms with Gasteiger partial charge in [0.2, 0.25) is 0 Å². The van der Waals surface area contributed by atoms with Gasteiger partial charge in [-0.3, -0.25) is 9.89 Å². The quantitative estimate of drug-likeness (QED) is 0.275. The first kappa shape index (κ1) is 26.1. The Hall–Kier alpha value is -2.14. The summed E-state index contributed by atoms with van der Waals surface area (Å²) in [5, 5.41) is 6.82. The normalized spacial score (nSPS) is 15.4. The highest BCUT2D eigenvalue weighted by Gasteiger charge is 2.24. The molecule has 1 atom stereocenters. The number of nitrogens with zero attached hydrogens (tertiary/aromatic N) is 2.